The summed E-state index contributed by atoms with van der Waals surface area (Å²) < 4.78 is 11.2. The monoisotopic (exact) mass is 249 g/mol. The summed E-state index contributed by atoms with van der Waals surface area (Å²) in [5.41, 5.74) is 7.27. The standard InChI is InChI=1S/C15H23NO2/c1-14(2,17-3)8-9-15(16)10-12-6-4-5-7-13(12)18-11-15/h4-7H,8-11,16H2,1-3H3. The molecule has 1 atom stereocenters. The Morgan fingerprint density at radius 3 is 2.83 bits per heavy atom. The summed E-state index contributed by atoms with van der Waals surface area (Å²) in [6.45, 7) is 4.77. The zero-order chi connectivity index (χ0) is 13.2. The van der Waals surface area contributed by atoms with Crippen molar-refractivity contribution in [3.63, 3.8) is 0 Å². The predicted octanol–water partition coefficient (Wildman–Crippen LogP) is 2.52. The number of nitrogens with two attached hydrogens (primary N) is 1. The second-order valence-corrected chi connectivity index (χ2v) is 5.90. The summed E-state index contributed by atoms with van der Waals surface area (Å²) in [5.74, 6) is 0.976. The van der Waals surface area contributed by atoms with Crippen molar-refractivity contribution < 1.29 is 9.47 Å². The Kier molecular flexibility index (Phi) is 3.64. The zero-order valence-electron chi connectivity index (χ0n) is 11.5. The summed E-state index contributed by atoms with van der Waals surface area (Å²) in [6, 6.07) is 8.13. The predicted molar refractivity (Wildman–Crippen MR) is 72.9 cm³/mol. The second-order valence-electron chi connectivity index (χ2n) is 5.90. The van der Waals surface area contributed by atoms with Crippen molar-refractivity contribution in [3.8, 4) is 5.75 Å². The van der Waals surface area contributed by atoms with Crippen molar-refractivity contribution in [2.75, 3.05) is 13.7 Å². The summed E-state index contributed by atoms with van der Waals surface area (Å²) in [6.07, 6.45) is 2.72. The molecule has 0 spiro atoms. The third-order valence-electron chi connectivity index (χ3n) is 3.81. The van der Waals surface area contributed by atoms with Crippen LogP contribution in [0.15, 0.2) is 24.3 Å². The molecule has 1 aliphatic heterocycles. The average Bonchev–Trinajstić information content (AvgIpc) is 2.37. The van der Waals surface area contributed by atoms with E-state index < -0.39 is 0 Å². The lowest BCUT2D eigenvalue weighted by Gasteiger charge is -2.36. The van der Waals surface area contributed by atoms with Crippen LogP contribution in [0.3, 0.4) is 0 Å². The fourth-order valence-corrected chi connectivity index (χ4v) is 2.26. The van der Waals surface area contributed by atoms with Crippen molar-refractivity contribution in [2.45, 2.75) is 44.2 Å². The quantitative estimate of drug-likeness (QED) is 0.891. The van der Waals surface area contributed by atoms with E-state index in [1.807, 2.05) is 18.2 Å². The largest absolute Gasteiger partial charge is 0.491 e. The van der Waals surface area contributed by atoms with Gasteiger partial charge in [-0.2, -0.15) is 0 Å². The minimum atomic E-state index is -0.274. The SMILES string of the molecule is COC(C)(C)CCC1(N)COc2ccccc2C1. The van der Waals surface area contributed by atoms with E-state index in [2.05, 4.69) is 19.9 Å². The van der Waals surface area contributed by atoms with Crippen LogP contribution in [0.5, 0.6) is 5.75 Å². The van der Waals surface area contributed by atoms with Gasteiger partial charge in [0, 0.05) is 7.11 Å². The van der Waals surface area contributed by atoms with Crippen molar-refractivity contribution in [2.24, 2.45) is 5.73 Å². The maximum absolute atomic E-state index is 6.46. The first-order valence-electron chi connectivity index (χ1n) is 6.49. The summed E-state index contributed by atoms with van der Waals surface area (Å²) in [5, 5.41) is 0. The van der Waals surface area contributed by atoms with E-state index in [1.54, 1.807) is 7.11 Å². The Bertz CT molecular complexity index is 417. The molecule has 3 heteroatoms. The molecular formula is C15H23NO2. The fourth-order valence-electron chi connectivity index (χ4n) is 2.26. The molecule has 0 saturated carbocycles. The first-order chi connectivity index (χ1) is 8.44. The number of ether oxygens (including phenoxy) is 2. The molecule has 0 bridgehead atoms. The van der Waals surface area contributed by atoms with Gasteiger partial charge >= 0.3 is 0 Å². The normalized spacial score (nSPS) is 23.3. The fraction of sp³-hybridized carbons (Fsp3) is 0.600. The lowest BCUT2D eigenvalue weighted by Crippen LogP contribution is -2.51. The Balaban J connectivity index is 2.02. The maximum Gasteiger partial charge on any atom is 0.122 e. The highest BCUT2D eigenvalue weighted by atomic mass is 16.5. The Hall–Kier alpha value is -1.06. The van der Waals surface area contributed by atoms with Crippen LogP contribution in [0, 0.1) is 0 Å². The van der Waals surface area contributed by atoms with E-state index >= 15 is 0 Å². The molecule has 0 aromatic heterocycles. The van der Waals surface area contributed by atoms with E-state index in [0.29, 0.717) is 6.61 Å². The number of benzene rings is 1. The molecule has 1 aliphatic rings. The Morgan fingerprint density at radius 1 is 1.39 bits per heavy atom. The van der Waals surface area contributed by atoms with Crippen molar-refractivity contribution in [1.29, 1.82) is 0 Å². The molecule has 0 amide bonds. The van der Waals surface area contributed by atoms with Crippen LogP contribution < -0.4 is 10.5 Å². The second kappa shape index (κ2) is 4.90. The Labute approximate surface area is 109 Å². The molecule has 1 unspecified atom stereocenters. The van der Waals surface area contributed by atoms with Gasteiger partial charge < -0.3 is 15.2 Å². The summed E-state index contributed by atoms with van der Waals surface area (Å²) in [7, 11) is 1.75. The number of hydrogen-bond acceptors (Lipinski definition) is 3. The van der Waals surface area contributed by atoms with Crippen LogP contribution in [0.2, 0.25) is 0 Å². The number of methoxy groups -OCH3 is 1. The molecule has 2 rings (SSSR count). The molecule has 1 heterocycles. The van der Waals surface area contributed by atoms with Gasteiger partial charge in [0.2, 0.25) is 0 Å². The van der Waals surface area contributed by atoms with Crippen LogP contribution >= 0.6 is 0 Å². The molecular weight excluding hydrogens is 226 g/mol. The topological polar surface area (TPSA) is 44.5 Å². The van der Waals surface area contributed by atoms with Gasteiger partial charge in [-0.15, -0.1) is 0 Å². The van der Waals surface area contributed by atoms with Gasteiger partial charge in [0.05, 0.1) is 11.1 Å². The smallest absolute Gasteiger partial charge is 0.122 e. The van der Waals surface area contributed by atoms with Gasteiger partial charge in [-0.25, -0.2) is 0 Å². The molecule has 0 saturated heterocycles. The Morgan fingerprint density at radius 2 is 2.11 bits per heavy atom. The molecule has 18 heavy (non-hydrogen) atoms. The molecule has 1 aromatic rings. The van der Waals surface area contributed by atoms with Gasteiger partial charge in [0.25, 0.3) is 0 Å². The molecule has 1 aromatic carbocycles. The van der Waals surface area contributed by atoms with Crippen LogP contribution in [0.1, 0.15) is 32.3 Å². The molecule has 100 valence electrons. The van der Waals surface area contributed by atoms with Gasteiger partial charge in [-0.3, -0.25) is 0 Å². The number of hydrogen-bond donors (Lipinski definition) is 1. The third kappa shape index (κ3) is 3.03. The number of rotatable bonds is 4. The van der Waals surface area contributed by atoms with Crippen LogP contribution in [0.4, 0.5) is 0 Å². The van der Waals surface area contributed by atoms with Gasteiger partial charge in [0.15, 0.2) is 0 Å². The van der Waals surface area contributed by atoms with E-state index in [-0.39, 0.29) is 11.1 Å². The molecule has 0 fully saturated rings. The number of fused-ring (bicyclic) bond motifs is 1. The van der Waals surface area contributed by atoms with Crippen LogP contribution in [0.25, 0.3) is 0 Å². The zero-order valence-corrected chi connectivity index (χ0v) is 11.5. The van der Waals surface area contributed by atoms with Gasteiger partial charge in [0.1, 0.15) is 12.4 Å². The van der Waals surface area contributed by atoms with Crippen LogP contribution in [-0.2, 0) is 11.2 Å². The van der Waals surface area contributed by atoms with E-state index in [0.717, 1.165) is 25.0 Å². The highest BCUT2D eigenvalue weighted by molar-refractivity contribution is 5.36. The van der Waals surface area contributed by atoms with Gasteiger partial charge in [-0.1, -0.05) is 18.2 Å². The minimum absolute atomic E-state index is 0.122. The first kappa shape index (κ1) is 13.4. The first-order valence-corrected chi connectivity index (χ1v) is 6.49. The molecule has 0 radical (unpaired) electrons. The van der Waals surface area contributed by atoms with Crippen molar-refractivity contribution >= 4 is 0 Å². The third-order valence-corrected chi connectivity index (χ3v) is 3.81. The molecule has 3 nitrogen and oxygen atoms in total. The van der Waals surface area contributed by atoms with E-state index in [1.165, 1.54) is 5.56 Å². The molecule has 2 N–H and O–H groups in total. The minimum Gasteiger partial charge on any atom is -0.491 e. The lowest BCUT2D eigenvalue weighted by atomic mass is 9.83. The van der Waals surface area contributed by atoms with E-state index in [4.69, 9.17) is 15.2 Å². The highest BCUT2D eigenvalue weighted by Crippen LogP contribution is 2.31. The summed E-state index contributed by atoms with van der Waals surface area (Å²) >= 11 is 0. The molecule has 0 aliphatic carbocycles. The van der Waals surface area contributed by atoms with Crippen molar-refractivity contribution in [1.82, 2.24) is 0 Å². The van der Waals surface area contributed by atoms with Crippen molar-refractivity contribution in [3.05, 3.63) is 29.8 Å². The lowest BCUT2D eigenvalue weighted by molar-refractivity contribution is 0.00568. The van der Waals surface area contributed by atoms with E-state index in [9.17, 15) is 0 Å². The number of para-hydroxylation sites is 1. The van der Waals surface area contributed by atoms with Gasteiger partial charge in [-0.05, 0) is 44.7 Å². The van der Waals surface area contributed by atoms with Crippen LogP contribution in [-0.4, -0.2) is 24.9 Å². The highest BCUT2D eigenvalue weighted by Gasteiger charge is 2.33. The maximum atomic E-state index is 6.46. The summed E-state index contributed by atoms with van der Waals surface area (Å²) in [4.78, 5) is 0. The average molecular weight is 249 g/mol.